The van der Waals surface area contributed by atoms with E-state index in [4.69, 9.17) is 0 Å². The number of thiophene rings is 1. The van der Waals surface area contributed by atoms with Crippen LogP contribution in [0.2, 0.25) is 0 Å². The predicted octanol–water partition coefficient (Wildman–Crippen LogP) is 3.72. The summed E-state index contributed by atoms with van der Waals surface area (Å²) < 4.78 is 3.25. The summed E-state index contributed by atoms with van der Waals surface area (Å²) in [5.41, 5.74) is 2.79. The van der Waals surface area contributed by atoms with Crippen LogP contribution in [0.5, 0.6) is 0 Å². The molecule has 19 heavy (non-hydrogen) atoms. The molecule has 0 bridgehead atoms. The Morgan fingerprint density at radius 2 is 2.42 bits per heavy atom. The van der Waals surface area contributed by atoms with E-state index in [1.807, 2.05) is 29.3 Å². The highest BCUT2D eigenvalue weighted by Crippen LogP contribution is 2.31. The van der Waals surface area contributed by atoms with Crippen molar-refractivity contribution in [1.82, 2.24) is 15.1 Å². The Balaban J connectivity index is 1.71. The number of halogens is 1. The third kappa shape index (κ3) is 2.64. The van der Waals surface area contributed by atoms with Crippen LogP contribution in [-0.2, 0) is 20.0 Å². The van der Waals surface area contributed by atoms with E-state index in [1.165, 1.54) is 38.3 Å². The lowest BCUT2D eigenvalue weighted by molar-refractivity contribution is 0.453. The van der Waals surface area contributed by atoms with E-state index in [2.05, 4.69) is 39.3 Å². The maximum absolute atomic E-state index is 4.39. The van der Waals surface area contributed by atoms with Gasteiger partial charge in [0, 0.05) is 45.1 Å². The Hall–Kier alpha value is -0.650. The van der Waals surface area contributed by atoms with Crippen LogP contribution in [0.25, 0.3) is 0 Å². The van der Waals surface area contributed by atoms with Crippen molar-refractivity contribution in [3.05, 3.63) is 37.7 Å². The normalized spacial score (nSPS) is 18.6. The third-order valence-corrected chi connectivity index (χ3v) is 5.94. The summed E-state index contributed by atoms with van der Waals surface area (Å²) >= 11 is 5.44. The minimum absolute atomic E-state index is 0.457. The highest BCUT2D eigenvalue weighted by atomic mass is 79.9. The molecule has 0 spiro atoms. The molecule has 3 nitrogen and oxygen atoms in total. The van der Waals surface area contributed by atoms with Crippen LogP contribution in [0.1, 0.15) is 39.9 Å². The Morgan fingerprint density at radius 1 is 1.58 bits per heavy atom. The zero-order valence-corrected chi connectivity index (χ0v) is 13.6. The zero-order valence-electron chi connectivity index (χ0n) is 11.2. The first-order valence-corrected chi connectivity index (χ1v) is 8.25. The molecule has 0 radical (unpaired) electrons. The molecule has 3 rings (SSSR count). The molecule has 0 saturated carbocycles. The summed E-state index contributed by atoms with van der Waals surface area (Å²) in [6.07, 6.45) is 5.65. The predicted molar refractivity (Wildman–Crippen MR) is 82.5 cm³/mol. The molecule has 2 heterocycles. The average Bonchev–Trinajstić information content (AvgIpc) is 2.92. The second-order valence-corrected chi connectivity index (χ2v) is 7.31. The third-order valence-electron chi connectivity index (χ3n) is 3.81. The van der Waals surface area contributed by atoms with Crippen molar-refractivity contribution < 1.29 is 0 Å². The van der Waals surface area contributed by atoms with E-state index in [1.54, 1.807) is 0 Å². The van der Waals surface area contributed by atoms with Crippen LogP contribution in [-0.4, -0.2) is 9.78 Å². The molecule has 5 heteroatoms. The number of aryl methyl sites for hydroxylation is 2. The fourth-order valence-electron chi connectivity index (χ4n) is 2.75. The van der Waals surface area contributed by atoms with E-state index < -0.39 is 0 Å². The smallest absolute Gasteiger partial charge is 0.0540 e. The fraction of sp³-hybridized carbons (Fsp3) is 0.500. The number of hydrogen-bond donors (Lipinski definition) is 1. The Bertz CT molecular complexity index is 568. The van der Waals surface area contributed by atoms with Gasteiger partial charge in [0.25, 0.3) is 0 Å². The summed E-state index contributed by atoms with van der Waals surface area (Å²) in [6.45, 7) is 3.09. The largest absolute Gasteiger partial charge is 0.305 e. The topological polar surface area (TPSA) is 29.9 Å². The van der Waals surface area contributed by atoms with E-state index in [0.29, 0.717) is 6.04 Å². The Morgan fingerprint density at radius 3 is 3.16 bits per heavy atom. The number of hydrogen-bond acceptors (Lipinski definition) is 3. The van der Waals surface area contributed by atoms with Crippen molar-refractivity contribution in [2.45, 2.75) is 38.8 Å². The van der Waals surface area contributed by atoms with Gasteiger partial charge in [-0.1, -0.05) is 0 Å². The lowest BCUT2D eigenvalue weighted by atomic mass is 9.93. The molecular weight excluding hydrogens is 322 g/mol. The molecule has 1 unspecified atom stereocenters. The molecule has 0 fully saturated rings. The molecule has 1 aliphatic carbocycles. The second kappa shape index (κ2) is 5.38. The first-order valence-electron chi connectivity index (χ1n) is 6.64. The summed E-state index contributed by atoms with van der Waals surface area (Å²) in [5.74, 6) is 0. The molecule has 0 aliphatic heterocycles. The van der Waals surface area contributed by atoms with Gasteiger partial charge >= 0.3 is 0 Å². The van der Waals surface area contributed by atoms with Crippen molar-refractivity contribution in [3.63, 3.8) is 0 Å². The maximum Gasteiger partial charge on any atom is 0.0540 e. The van der Waals surface area contributed by atoms with Gasteiger partial charge in [0.05, 0.1) is 6.20 Å². The van der Waals surface area contributed by atoms with E-state index in [9.17, 15) is 0 Å². The van der Waals surface area contributed by atoms with Gasteiger partial charge in [0.15, 0.2) is 0 Å². The van der Waals surface area contributed by atoms with Crippen LogP contribution in [0.15, 0.2) is 16.7 Å². The number of nitrogens with zero attached hydrogens (tertiary/aromatic N) is 2. The number of rotatable bonds is 3. The van der Waals surface area contributed by atoms with Crippen LogP contribution in [0.3, 0.4) is 0 Å². The van der Waals surface area contributed by atoms with Gasteiger partial charge in [0.2, 0.25) is 0 Å². The molecule has 1 N–H and O–H groups in total. The van der Waals surface area contributed by atoms with Crippen molar-refractivity contribution in [3.8, 4) is 0 Å². The first-order chi connectivity index (χ1) is 9.15. The molecule has 0 aromatic carbocycles. The van der Waals surface area contributed by atoms with E-state index in [-0.39, 0.29) is 0 Å². The summed E-state index contributed by atoms with van der Waals surface area (Å²) in [5, 5.41) is 8.08. The second-order valence-electron chi connectivity index (χ2n) is 5.11. The van der Waals surface area contributed by atoms with Crippen LogP contribution in [0, 0.1) is 6.92 Å². The van der Waals surface area contributed by atoms with Gasteiger partial charge < -0.3 is 5.32 Å². The van der Waals surface area contributed by atoms with Crippen LogP contribution < -0.4 is 5.32 Å². The molecule has 2 aromatic heterocycles. The van der Waals surface area contributed by atoms with Gasteiger partial charge in [-0.3, -0.25) is 4.68 Å². The Kier molecular flexibility index (Phi) is 3.78. The lowest BCUT2D eigenvalue weighted by Crippen LogP contribution is -2.24. The van der Waals surface area contributed by atoms with Gasteiger partial charge in [0.1, 0.15) is 0 Å². The van der Waals surface area contributed by atoms with E-state index in [0.717, 1.165) is 13.0 Å². The zero-order chi connectivity index (χ0) is 13.4. The van der Waals surface area contributed by atoms with Crippen molar-refractivity contribution >= 4 is 27.3 Å². The number of nitrogens with one attached hydrogen (secondary N) is 1. The van der Waals surface area contributed by atoms with Gasteiger partial charge in [-0.15, -0.1) is 11.3 Å². The standard InChI is InChI=1S/C14H18BrN3S/c1-9-12(15)6-10(19-9)7-16-13-4-3-5-14-11(13)8-17-18(14)2/h6,8,13,16H,3-5,7H2,1-2H3. The molecule has 0 saturated heterocycles. The minimum atomic E-state index is 0.457. The molecular formula is C14H18BrN3S. The molecule has 102 valence electrons. The van der Waals surface area contributed by atoms with E-state index >= 15 is 0 Å². The average molecular weight is 340 g/mol. The highest BCUT2D eigenvalue weighted by molar-refractivity contribution is 9.10. The van der Waals surface area contributed by atoms with Gasteiger partial charge in [-0.25, -0.2) is 0 Å². The maximum atomic E-state index is 4.39. The molecule has 1 aliphatic rings. The fourth-order valence-corrected chi connectivity index (χ4v) is 4.30. The number of aromatic nitrogens is 2. The van der Waals surface area contributed by atoms with Crippen LogP contribution in [0.4, 0.5) is 0 Å². The molecule has 1 atom stereocenters. The van der Waals surface area contributed by atoms with Crippen molar-refractivity contribution in [2.24, 2.45) is 7.05 Å². The van der Waals surface area contributed by atoms with Crippen LogP contribution >= 0.6 is 27.3 Å². The lowest BCUT2D eigenvalue weighted by Gasteiger charge is -2.23. The van der Waals surface area contributed by atoms with Gasteiger partial charge in [-0.2, -0.15) is 5.10 Å². The Labute approximate surface area is 126 Å². The monoisotopic (exact) mass is 339 g/mol. The quantitative estimate of drug-likeness (QED) is 0.923. The van der Waals surface area contributed by atoms with Crippen molar-refractivity contribution in [2.75, 3.05) is 0 Å². The highest BCUT2D eigenvalue weighted by Gasteiger charge is 2.22. The van der Waals surface area contributed by atoms with Crippen molar-refractivity contribution in [1.29, 1.82) is 0 Å². The molecule has 0 amide bonds. The molecule has 2 aromatic rings. The van der Waals surface area contributed by atoms with Gasteiger partial charge in [-0.05, 0) is 48.2 Å². The SMILES string of the molecule is Cc1sc(CNC2CCCc3c2cnn3C)cc1Br. The summed E-state index contributed by atoms with van der Waals surface area (Å²) in [6, 6.07) is 2.68. The first kappa shape index (κ1) is 13.3. The summed E-state index contributed by atoms with van der Waals surface area (Å²) in [7, 11) is 2.04. The summed E-state index contributed by atoms with van der Waals surface area (Å²) in [4.78, 5) is 2.74. The number of fused-ring (bicyclic) bond motifs is 1. The minimum Gasteiger partial charge on any atom is -0.305 e.